The molecule has 1 aromatic rings. The maximum Gasteiger partial charge on any atom is 0.233 e. The molecule has 0 aliphatic heterocycles. The van der Waals surface area contributed by atoms with Crippen LogP contribution in [0.3, 0.4) is 0 Å². The molecule has 0 aliphatic rings. The van der Waals surface area contributed by atoms with Crippen molar-refractivity contribution in [2.24, 2.45) is 5.73 Å². The monoisotopic (exact) mass is 265 g/mol. The van der Waals surface area contributed by atoms with Crippen LogP contribution in [0.25, 0.3) is 0 Å². The van der Waals surface area contributed by atoms with E-state index < -0.39 is 6.10 Å². The average Bonchev–Trinajstić information content (AvgIpc) is 2.39. The zero-order valence-electron chi connectivity index (χ0n) is 11.5. The molecule has 0 aliphatic carbocycles. The van der Waals surface area contributed by atoms with Crippen molar-refractivity contribution in [1.82, 2.24) is 10.2 Å². The standard InChI is InChI=1S/C14H23N3O2/c1-16-14(19)10-17(2)9-13(18)12(15)8-11-6-4-3-5-7-11/h3-7,12-13,18H,8-10,15H2,1-2H3,(H,16,19). The van der Waals surface area contributed by atoms with Gasteiger partial charge in [-0.05, 0) is 19.0 Å². The van der Waals surface area contributed by atoms with Gasteiger partial charge in [-0.3, -0.25) is 9.69 Å². The predicted octanol–water partition coefficient (Wildman–Crippen LogP) is -0.405. The molecule has 0 radical (unpaired) electrons. The fraction of sp³-hybridized carbons (Fsp3) is 0.500. The van der Waals surface area contributed by atoms with Crippen LogP contribution in [-0.2, 0) is 11.2 Å². The average molecular weight is 265 g/mol. The van der Waals surface area contributed by atoms with Gasteiger partial charge >= 0.3 is 0 Å². The van der Waals surface area contributed by atoms with Crippen LogP contribution in [-0.4, -0.2) is 55.2 Å². The number of nitrogens with two attached hydrogens (primary N) is 1. The lowest BCUT2D eigenvalue weighted by molar-refractivity contribution is -0.121. The second-order valence-corrected chi connectivity index (χ2v) is 4.79. The van der Waals surface area contributed by atoms with Crippen LogP contribution in [0.1, 0.15) is 5.56 Å². The van der Waals surface area contributed by atoms with E-state index in [0.717, 1.165) is 5.56 Å². The Kier molecular flexibility index (Phi) is 6.49. The van der Waals surface area contributed by atoms with Crippen molar-refractivity contribution in [3.05, 3.63) is 35.9 Å². The Balaban J connectivity index is 2.40. The van der Waals surface area contributed by atoms with Gasteiger partial charge in [0, 0.05) is 19.6 Å². The van der Waals surface area contributed by atoms with Gasteiger partial charge in [0.05, 0.1) is 12.6 Å². The molecule has 5 nitrogen and oxygen atoms in total. The minimum atomic E-state index is -0.658. The lowest BCUT2D eigenvalue weighted by Crippen LogP contribution is -2.45. The first-order valence-corrected chi connectivity index (χ1v) is 6.39. The van der Waals surface area contributed by atoms with Crippen molar-refractivity contribution in [3.63, 3.8) is 0 Å². The van der Waals surface area contributed by atoms with Gasteiger partial charge in [0.2, 0.25) is 5.91 Å². The molecule has 106 valence electrons. The number of hydrogen-bond donors (Lipinski definition) is 3. The van der Waals surface area contributed by atoms with Gasteiger partial charge in [-0.25, -0.2) is 0 Å². The Morgan fingerprint density at radius 2 is 2.05 bits per heavy atom. The Labute approximate surface area is 114 Å². The zero-order chi connectivity index (χ0) is 14.3. The van der Waals surface area contributed by atoms with Crippen LogP contribution in [0.4, 0.5) is 0 Å². The van der Waals surface area contributed by atoms with Crippen molar-refractivity contribution in [2.75, 3.05) is 27.2 Å². The summed E-state index contributed by atoms with van der Waals surface area (Å²) in [5.41, 5.74) is 7.08. The molecule has 0 aromatic heterocycles. The summed E-state index contributed by atoms with van der Waals surface area (Å²) in [5.74, 6) is -0.0775. The van der Waals surface area contributed by atoms with Crippen molar-refractivity contribution >= 4 is 5.91 Å². The number of aliphatic hydroxyl groups excluding tert-OH is 1. The van der Waals surface area contributed by atoms with Crippen molar-refractivity contribution < 1.29 is 9.90 Å². The molecular formula is C14H23N3O2. The van der Waals surface area contributed by atoms with Crippen LogP contribution in [0, 0.1) is 0 Å². The van der Waals surface area contributed by atoms with E-state index in [1.165, 1.54) is 0 Å². The zero-order valence-corrected chi connectivity index (χ0v) is 11.5. The number of aliphatic hydroxyl groups is 1. The summed E-state index contributed by atoms with van der Waals surface area (Å²) in [6.07, 6.45) is -0.0367. The second kappa shape index (κ2) is 7.89. The molecule has 0 heterocycles. The van der Waals surface area contributed by atoms with E-state index in [9.17, 15) is 9.90 Å². The third kappa shape index (κ3) is 5.83. The first kappa shape index (κ1) is 15.6. The molecule has 1 rings (SSSR count). The third-order valence-corrected chi connectivity index (χ3v) is 3.00. The molecule has 4 N–H and O–H groups in total. The Hall–Kier alpha value is -1.43. The SMILES string of the molecule is CNC(=O)CN(C)CC(O)C(N)Cc1ccccc1. The molecule has 1 amide bonds. The van der Waals surface area contributed by atoms with Gasteiger partial charge < -0.3 is 16.2 Å². The number of nitrogens with one attached hydrogen (secondary N) is 1. The number of rotatable bonds is 7. The number of carbonyl (C=O) groups is 1. The summed E-state index contributed by atoms with van der Waals surface area (Å²) in [6.45, 7) is 0.632. The molecule has 19 heavy (non-hydrogen) atoms. The van der Waals surface area contributed by atoms with E-state index in [1.54, 1.807) is 19.0 Å². The predicted molar refractivity (Wildman–Crippen MR) is 75.7 cm³/mol. The number of likely N-dealkylation sites (N-methyl/N-ethyl adjacent to an activating group) is 2. The van der Waals surface area contributed by atoms with Gasteiger partial charge in [0.15, 0.2) is 0 Å². The Morgan fingerprint density at radius 1 is 1.42 bits per heavy atom. The van der Waals surface area contributed by atoms with Gasteiger partial charge in [0.25, 0.3) is 0 Å². The van der Waals surface area contributed by atoms with E-state index in [0.29, 0.717) is 13.0 Å². The topological polar surface area (TPSA) is 78.6 Å². The summed E-state index contributed by atoms with van der Waals surface area (Å²) in [5, 5.41) is 12.6. The van der Waals surface area contributed by atoms with E-state index in [-0.39, 0.29) is 18.5 Å². The number of nitrogens with zero attached hydrogens (tertiary/aromatic N) is 1. The maximum absolute atomic E-state index is 11.2. The normalized spacial score (nSPS) is 14.2. The highest BCUT2D eigenvalue weighted by molar-refractivity contribution is 5.77. The molecule has 0 bridgehead atoms. The second-order valence-electron chi connectivity index (χ2n) is 4.79. The first-order chi connectivity index (χ1) is 9.02. The lowest BCUT2D eigenvalue weighted by atomic mass is 10.0. The lowest BCUT2D eigenvalue weighted by Gasteiger charge is -2.24. The van der Waals surface area contributed by atoms with Gasteiger partial charge in [-0.1, -0.05) is 30.3 Å². The number of amides is 1. The van der Waals surface area contributed by atoms with Gasteiger partial charge in [-0.2, -0.15) is 0 Å². The van der Waals surface area contributed by atoms with Crippen LogP contribution in [0.2, 0.25) is 0 Å². The van der Waals surface area contributed by atoms with E-state index in [4.69, 9.17) is 5.73 Å². The van der Waals surface area contributed by atoms with E-state index >= 15 is 0 Å². The Bertz CT molecular complexity index is 384. The molecule has 5 heteroatoms. The summed E-state index contributed by atoms with van der Waals surface area (Å²) >= 11 is 0. The van der Waals surface area contributed by atoms with Crippen LogP contribution in [0.5, 0.6) is 0 Å². The van der Waals surface area contributed by atoms with Crippen LogP contribution in [0.15, 0.2) is 30.3 Å². The molecule has 0 spiro atoms. The Morgan fingerprint density at radius 3 is 2.63 bits per heavy atom. The van der Waals surface area contributed by atoms with Gasteiger partial charge in [0.1, 0.15) is 0 Å². The van der Waals surface area contributed by atoms with Crippen LogP contribution >= 0.6 is 0 Å². The highest BCUT2D eigenvalue weighted by Gasteiger charge is 2.18. The maximum atomic E-state index is 11.2. The van der Waals surface area contributed by atoms with Crippen molar-refractivity contribution in [2.45, 2.75) is 18.6 Å². The molecule has 0 saturated heterocycles. The van der Waals surface area contributed by atoms with Crippen molar-refractivity contribution in [1.29, 1.82) is 0 Å². The summed E-state index contributed by atoms with van der Waals surface area (Å²) in [6, 6.07) is 9.48. The third-order valence-electron chi connectivity index (χ3n) is 3.00. The summed E-state index contributed by atoms with van der Waals surface area (Å²) in [4.78, 5) is 13.0. The van der Waals surface area contributed by atoms with Crippen molar-refractivity contribution in [3.8, 4) is 0 Å². The minimum absolute atomic E-state index is 0.0775. The van der Waals surface area contributed by atoms with Gasteiger partial charge in [-0.15, -0.1) is 0 Å². The number of hydrogen-bond acceptors (Lipinski definition) is 4. The fourth-order valence-corrected chi connectivity index (χ4v) is 1.87. The highest BCUT2D eigenvalue weighted by Crippen LogP contribution is 2.05. The number of benzene rings is 1. The highest BCUT2D eigenvalue weighted by atomic mass is 16.3. The molecule has 0 saturated carbocycles. The fourth-order valence-electron chi connectivity index (χ4n) is 1.87. The van der Waals surface area contributed by atoms with E-state index in [1.807, 2.05) is 30.3 Å². The molecule has 2 atom stereocenters. The quantitative estimate of drug-likeness (QED) is 0.626. The van der Waals surface area contributed by atoms with Crippen LogP contribution < -0.4 is 11.1 Å². The molecule has 0 fully saturated rings. The number of carbonyl (C=O) groups excluding carboxylic acids is 1. The largest absolute Gasteiger partial charge is 0.390 e. The summed E-state index contributed by atoms with van der Waals surface area (Å²) < 4.78 is 0. The minimum Gasteiger partial charge on any atom is -0.390 e. The summed E-state index contributed by atoms with van der Waals surface area (Å²) in [7, 11) is 3.38. The molecule has 2 unspecified atom stereocenters. The van der Waals surface area contributed by atoms with E-state index in [2.05, 4.69) is 5.32 Å². The molecule has 1 aromatic carbocycles. The first-order valence-electron chi connectivity index (χ1n) is 6.39. The molecular weight excluding hydrogens is 242 g/mol. The smallest absolute Gasteiger partial charge is 0.233 e.